The van der Waals surface area contributed by atoms with Crippen molar-refractivity contribution < 1.29 is 14.6 Å². The molecule has 0 fully saturated rings. The Labute approximate surface area is 182 Å². The van der Waals surface area contributed by atoms with Gasteiger partial charge in [0.1, 0.15) is 18.0 Å². The number of benzene rings is 3. The molecule has 2 heterocycles. The molecule has 156 valence electrons. The first-order valence-corrected chi connectivity index (χ1v) is 11.0. The fourth-order valence-electron chi connectivity index (χ4n) is 5.39. The number of phenols is 1. The highest BCUT2D eigenvalue weighted by Crippen LogP contribution is 2.55. The van der Waals surface area contributed by atoms with E-state index in [2.05, 4.69) is 53.5 Å². The Bertz CT molecular complexity index is 1130. The fraction of sp³-hybridized carbons (Fsp3) is 0.259. The van der Waals surface area contributed by atoms with E-state index in [0.29, 0.717) is 5.75 Å². The smallest absolute Gasteiger partial charge is 0.165 e. The van der Waals surface area contributed by atoms with Gasteiger partial charge in [-0.05, 0) is 48.4 Å². The highest BCUT2D eigenvalue weighted by atomic mass is 16.5. The molecule has 1 spiro atoms. The molecule has 0 aromatic heterocycles. The zero-order valence-electron chi connectivity index (χ0n) is 17.3. The molecular formula is C27H25NO3. The molecule has 0 bridgehead atoms. The Kier molecular flexibility index (Phi) is 4.20. The molecule has 3 atom stereocenters. The largest absolute Gasteiger partial charge is 0.504 e. The van der Waals surface area contributed by atoms with Gasteiger partial charge in [-0.25, -0.2) is 0 Å². The van der Waals surface area contributed by atoms with Crippen LogP contribution in [-0.4, -0.2) is 23.9 Å². The minimum Gasteiger partial charge on any atom is -0.504 e. The average molecular weight is 412 g/mol. The summed E-state index contributed by atoms with van der Waals surface area (Å²) in [5.41, 5.74) is 3.38. The summed E-state index contributed by atoms with van der Waals surface area (Å²) in [5.74, 6) is 1.75. The number of hydrogen-bond donors (Lipinski definition) is 1. The lowest BCUT2D eigenvalue weighted by molar-refractivity contribution is 0.0958. The van der Waals surface area contributed by atoms with Gasteiger partial charge in [-0.3, -0.25) is 0 Å². The maximum atomic E-state index is 10.6. The van der Waals surface area contributed by atoms with Gasteiger partial charge in [0, 0.05) is 30.8 Å². The molecule has 4 heteroatoms. The highest BCUT2D eigenvalue weighted by molar-refractivity contribution is 5.62. The van der Waals surface area contributed by atoms with Gasteiger partial charge in [-0.1, -0.05) is 48.5 Å². The van der Waals surface area contributed by atoms with E-state index in [9.17, 15) is 5.11 Å². The van der Waals surface area contributed by atoms with E-state index in [4.69, 9.17) is 9.47 Å². The van der Waals surface area contributed by atoms with Crippen molar-refractivity contribution in [2.24, 2.45) is 0 Å². The lowest BCUT2D eigenvalue weighted by Gasteiger charge is -2.37. The van der Waals surface area contributed by atoms with E-state index < -0.39 is 0 Å². The van der Waals surface area contributed by atoms with Gasteiger partial charge in [-0.2, -0.15) is 0 Å². The first-order valence-electron chi connectivity index (χ1n) is 11.0. The molecule has 2 aliphatic heterocycles. The summed E-state index contributed by atoms with van der Waals surface area (Å²) >= 11 is 0. The predicted molar refractivity (Wildman–Crippen MR) is 121 cm³/mol. The second kappa shape index (κ2) is 7.09. The first kappa shape index (κ1) is 18.4. The van der Waals surface area contributed by atoms with Crippen LogP contribution in [0.1, 0.15) is 24.0 Å². The summed E-state index contributed by atoms with van der Waals surface area (Å²) in [7, 11) is 0. The number of hydrogen-bond acceptors (Lipinski definition) is 4. The van der Waals surface area contributed by atoms with Crippen molar-refractivity contribution in [2.45, 2.75) is 37.0 Å². The summed E-state index contributed by atoms with van der Waals surface area (Å²) in [5, 5.41) is 10.6. The molecule has 3 aromatic carbocycles. The summed E-state index contributed by atoms with van der Waals surface area (Å²) < 4.78 is 12.6. The van der Waals surface area contributed by atoms with Crippen LogP contribution in [0.3, 0.4) is 0 Å². The number of ether oxygens (including phenoxy) is 2. The summed E-state index contributed by atoms with van der Waals surface area (Å²) in [4.78, 5) is 2.43. The molecule has 0 amide bonds. The van der Waals surface area contributed by atoms with Crippen LogP contribution in [0.2, 0.25) is 0 Å². The molecule has 3 aromatic rings. The zero-order valence-corrected chi connectivity index (χ0v) is 17.3. The van der Waals surface area contributed by atoms with Crippen LogP contribution in [0, 0.1) is 0 Å². The van der Waals surface area contributed by atoms with Crippen molar-refractivity contribution in [1.29, 1.82) is 0 Å². The van der Waals surface area contributed by atoms with Crippen molar-refractivity contribution in [2.75, 3.05) is 11.4 Å². The molecule has 0 saturated heterocycles. The molecule has 4 nitrogen and oxygen atoms in total. The van der Waals surface area contributed by atoms with Gasteiger partial charge in [0.2, 0.25) is 0 Å². The Morgan fingerprint density at radius 3 is 2.55 bits per heavy atom. The normalized spacial score (nSPS) is 25.9. The van der Waals surface area contributed by atoms with Crippen LogP contribution in [0.4, 0.5) is 5.69 Å². The Balaban J connectivity index is 1.38. The molecule has 0 saturated carbocycles. The second-order valence-electron chi connectivity index (χ2n) is 8.67. The van der Waals surface area contributed by atoms with E-state index in [1.807, 2.05) is 30.3 Å². The molecule has 1 N–H and O–H groups in total. The zero-order chi connectivity index (χ0) is 20.8. The van der Waals surface area contributed by atoms with Crippen molar-refractivity contribution in [3.63, 3.8) is 0 Å². The van der Waals surface area contributed by atoms with Gasteiger partial charge in [0.25, 0.3) is 0 Å². The average Bonchev–Trinajstić information content (AvgIpc) is 3.05. The first-order chi connectivity index (χ1) is 15.2. The molecule has 6 rings (SSSR count). The third-order valence-corrected chi connectivity index (χ3v) is 6.89. The van der Waals surface area contributed by atoms with E-state index in [0.717, 1.165) is 37.2 Å². The number of aromatic hydroxyl groups is 1. The van der Waals surface area contributed by atoms with Crippen LogP contribution < -0.4 is 14.4 Å². The maximum Gasteiger partial charge on any atom is 0.165 e. The number of rotatable bonds is 3. The number of nitrogens with zero attached hydrogens (tertiary/aromatic N) is 1. The van der Waals surface area contributed by atoms with E-state index in [-0.39, 0.29) is 23.4 Å². The lowest BCUT2D eigenvalue weighted by Crippen LogP contribution is -2.44. The summed E-state index contributed by atoms with van der Waals surface area (Å²) in [6, 6.07) is 24.3. The third kappa shape index (κ3) is 2.97. The quantitative estimate of drug-likeness (QED) is 0.601. The van der Waals surface area contributed by atoms with Crippen LogP contribution in [0.15, 0.2) is 84.9 Å². The van der Waals surface area contributed by atoms with Crippen molar-refractivity contribution >= 4 is 5.69 Å². The monoisotopic (exact) mass is 411 g/mol. The fourth-order valence-corrected chi connectivity index (χ4v) is 5.39. The number of phenolic OH excluding ortho intramolecular Hbond substituents is 1. The topological polar surface area (TPSA) is 41.9 Å². The molecular weight excluding hydrogens is 386 g/mol. The van der Waals surface area contributed by atoms with Gasteiger partial charge in [0.05, 0.1) is 5.41 Å². The summed E-state index contributed by atoms with van der Waals surface area (Å²) in [6.45, 7) is 1.73. The van der Waals surface area contributed by atoms with Crippen molar-refractivity contribution in [1.82, 2.24) is 0 Å². The predicted octanol–water partition coefficient (Wildman–Crippen LogP) is 5.21. The van der Waals surface area contributed by atoms with Crippen molar-refractivity contribution in [3.8, 4) is 17.2 Å². The SMILES string of the molecule is Oc1ccc2c3c1OC1C[C@@H](Oc4ccccc4)C=CC31CCN(c1ccccc1)C2. The third-order valence-electron chi connectivity index (χ3n) is 6.89. The van der Waals surface area contributed by atoms with Crippen LogP contribution in [-0.2, 0) is 12.0 Å². The van der Waals surface area contributed by atoms with Gasteiger partial charge >= 0.3 is 0 Å². The van der Waals surface area contributed by atoms with E-state index in [1.54, 1.807) is 6.07 Å². The Morgan fingerprint density at radius 1 is 0.968 bits per heavy atom. The highest BCUT2D eigenvalue weighted by Gasteiger charge is 2.53. The Hall–Kier alpha value is -3.40. The molecule has 1 aliphatic carbocycles. The summed E-state index contributed by atoms with van der Waals surface area (Å²) in [6.07, 6.45) is 6.07. The maximum absolute atomic E-state index is 10.6. The van der Waals surface area contributed by atoms with Crippen LogP contribution in [0.25, 0.3) is 0 Å². The van der Waals surface area contributed by atoms with Crippen molar-refractivity contribution in [3.05, 3.63) is 96.1 Å². The molecule has 31 heavy (non-hydrogen) atoms. The van der Waals surface area contributed by atoms with E-state index in [1.165, 1.54) is 11.3 Å². The number of para-hydroxylation sites is 2. The van der Waals surface area contributed by atoms with Gasteiger partial charge < -0.3 is 19.5 Å². The molecule has 2 unspecified atom stereocenters. The molecule has 3 aliphatic rings. The standard InChI is InChI=1S/C27H25NO3/c29-23-12-11-19-18-28(20-7-3-1-4-8-20)16-15-27-14-13-22(30-21-9-5-2-6-10-21)17-24(27)31-26(23)25(19)27/h1-14,22,24,29H,15-18H2/t22-,24?,27?/m0/s1. The minimum atomic E-state index is -0.233. The van der Waals surface area contributed by atoms with Gasteiger partial charge in [-0.15, -0.1) is 0 Å². The van der Waals surface area contributed by atoms with E-state index >= 15 is 0 Å². The van der Waals surface area contributed by atoms with Crippen LogP contribution >= 0.6 is 0 Å². The second-order valence-corrected chi connectivity index (χ2v) is 8.67. The lowest BCUT2D eigenvalue weighted by atomic mass is 9.69. The van der Waals surface area contributed by atoms with Gasteiger partial charge in [0.15, 0.2) is 11.5 Å². The Morgan fingerprint density at radius 2 is 1.74 bits per heavy atom. The molecule has 0 radical (unpaired) electrons. The minimum absolute atomic E-state index is 0.0496. The number of anilines is 1. The van der Waals surface area contributed by atoms with Crippen LogP contribution in [0.5, 0.6) is 17.2 Å².